The number of urea groups is 1. The number of carbonyl (C=O) groups excluding carboxylic acids is 1. The van der Waals surface area contributed by atoms with Crippen LogP contribution in [0, 0.1) is 0 Å². The molecular weight excluding hydrogens is 416 g/mol. The number of aromatic nitrogens is 2. The average molecular weight is 438 g/mol. The third-order valence-corrected chi connectivity index (χ3v) is 5.08. The molecule has 0 spiro atoms. The second-order valence-corrected chi connectivity index (χ2v) is 7.40. The number of carbonyl (C=O) groups is 1. The molecular formula is C25H22N6O2. The van der Waals surface area contributed by atoms with Crippen LogP contribution < -0.4 is 26.0 Å². The predicted octanol–water partition coefficient (Wildman–Crippen LogP) is 5.34. The Bertz CT molecular complexity index is 1260. The molecule has 0 fully saturated rings. The van der Waals surface area contributed by atoms with Crippen LogP contribution in [0.1, 0.15) is 0 Å². The predicted molar refractivity (Wildman–Crippen MR) is 130 cm³/mol. The molecule has 0 saturated heterocycles. The van der Waals surface area contributed by atoms with Crippen molar-refractivity contribution < 1.29 is 9.53 Å². The molecule has 1 aliphatic rings. The lowest BCUT2D eigenvalue weighted by Crippen LogP contribution is -2.20. The Morgan fingerprint density at radius 2 is 1.58 bits per heavy atom. The summed E-state index contributed by atoms with van der Waals surface area (Å²) in [6, 6.07) is 24.8. The van der Waals surface area contributed by atoms with E-state index in [0.29, 0.717) is 41.9 Å². The van der Waals surface area contributed by atoms with Crippen molar-refractivity contribution in [1.82, 2.24) is 9.97 Å². The zero-order valence-electron chi connectivity index (χ0n) is 17.7. The number of nitrogens with one attached hydrogen (secondary N) is 4. The summed E-state index contributed by atoms with van der Waals surface area (Å²) >= 11 is 0. The molecule has 0 bridgehead atoms. The maximum atomic E-state index is 12.5. The first kappa shape index (κ1) is 20.3. The molecule has 5 rings (SSSR count). The highest BCUT2D eigenvalue weighted by molar-refractivity contribution is 6.00. The van der Waals surface area contributed by atoms with Crippen molar-refractivity contribution in [3.63, 3.8) is 0 Å². The lowest BCUT2D eigenvalue weighted by molar-refractivity contribution is 0.262. The van der Waals surface area contributed by atoms with Crippen LogP contribution in [0.15, 0.2) is 85.2 Å². The minimum Gasteiger partial charge on any atom is -0.485 e. The van der Waals surface area contributed by atoms with Gasteiger partial charge in [-0.05, 0) is 47.5 Å². The molecule has 2 heterocycles. The second-order valence-electron chi connectivity index (χ2n) is 7.40. The first-order valence-electron chi connectivity index (χ1n) is 10.6. The summed E-state index contributed by atoms with van der Waals surface area (Å²) in [5.74, 6) is 1.86. The molecule has 33 heavy (non-hydrogen) atoms. The fourth-order valence-corrected chi connectivity index (χ4v) is 3.52. The summed E-state index contributed by atoms with van der Waals surface area (Å²) < 4.78 is 5.68. The van der Waals surface area contributed by atoms with Crippen molar-refractivity contribution in [1.29, 1.82) is 0 Å². The van der Waals surface area contributed by atoms with E-state index in [9.17, 15) is 4.79 Å². The second kappa shape index (κ2) is 9.27. The van der Waals surface area contributed by atoms with Crippen molar-refractivity contribution >= 4 is 34.7 Å². The van der Waals surface area contributed by atoms with E-state index in [0.717, 1.165) is 16.8 Å². The Balaban J connectivity index is 1.22. The molecule has 8 nitrogen and oxygen atoms in total. The van der Waals surface area contributed by atoms with Gasteiger partial charge in [0.25, 0.3) is 0 Å². The van der Waals surface area contributed by atoms with Crippen LogP contribution in [0.2, 0.25) is 0 Å². The number of hydrogen-bond acceptors (Lipinski definition) is 6. The monoisotopic (exact) mass is 438 g/mol. The molecule has 1 aliphatic heterocycles. The zero-order valence-corrected chi connectivity index (χ0v) is 17.7. The molecule has 0 aliphatic carbocycles. The Labute approximate surface area is 191 Å². The number of amides is 2. The normalized spacial score (nSPS) is 12.0. The van der Waals surface area contributed by atoms with Crippen molar-refractivity contribution in [3.05, 3.63) is 85.2 Å². The smallest absolute Gasteiger partial charge is 0.323 e. The van der Waals surface area contributed by atoms with E-state index in [1.807, 2.05) is 78.9 Å². The molecule has 0 saturated carbocycles. The highest BCUT2D eigenvalue weighted by Gasteiger charge is 2.16. The van der Waals surface area contributed by atoms with Gasteiger partial charge in [-0.15, -0.1) is 0 Å². The average Bonchev–Trinajstić information content (AvgIpc) is 2.86. The van der Waals surface area contributed by atoms with Gasteiger partial charge in [-0.3, -0.25) is 0 Å². The standard InChI is InChI=1S/C25H22N6O2/c32-25(31-21-8-4-7-18(15-21)17-5-2-1-3-6-17)30-20-11-9-19(10-12-20)29-24-22-23(27-16-28-24)26-13-14-33-22/h1-12,15-16H,13-14H2,(H2,30,31,32)(H2,26,27,28,29). The van der Waals surface area contributed by atoms with Crippen molar-refractivity contribution in [3.8, 4) is 16.9 Å². The minimum atomic E-state index is -0.315. The SMILES string of the molecule is O=C(Nc1ccc(Nc2ncnc3c2OCCN3)cc1)Nc1cccc(-c2ccccc2)c1. The number of rotatable bonds is 5. The van der Waals surface area contributed by atoms with Crippen LogP contribution >= 0.6 is 0 Å². The van der Waals surface area contributed by atoms with Crippen molar-refractivity contribution in [2.24, 2.45) is 0 Å². The summed E-state index contributed by atoms with van der Waals surface area (Å²) in [6.07, 6.45) is 1.48. The van der Waals surface area contributed by atoms with E-state index >= 15 is 0 Å². The minimum absolute atomic E-state index is 0.315. The zero-order chi connectivity index (χ0) is 22.5. The Morgan fingerprint density at radius 1 is 0.818 bits per heavy atom. The van der Waals surface area contributed by atoms with Gasteiger partial charge in [-0.2, -0.15) is 0 Å². The molecule has 164 valence electrons. The maximum Gasteiger partial charge on any atom is 0.323 e. The van der Waals surface area contributed by atoms with E-state index in [1.54, 1.807) is 0 Å². The van der Waals surface area contributed by atoms with E-state index < -0.39 is 0 Å². The highest BCUT2D eigenvalue weighted by Crippen LogP contribution is 2.33. The third kappa shape index (κ3) is 4.85. The van der Waals surface area contributed by atoms with Crippen LogP contribution in [0.3, 0.4) is 0 Å². The molecule has 0 atom stereocenters. The summed E-state index contributed by atoms with van der Waals surface area (Å²) in [6.45, 7) is 1.27. The van der Waals surface area contributed by atoms with Gasteiger partial charge < -0.3 is 26.0 Å². The Hall–Kier alpha value is -4.59. The van der Waals surface area contributed by atoms with E-state index in [-0.39, 0.29) is 6.03 Å². The number of nitrogens with zero attached hydrogens (tertiary/aromatic N) is 2. The van der Waals surface area contributed by atoms with Crippen LogP contribution in [-0.4, -0.2) is 29.2 Å². The van der Waals surface area contributed by atoms with Gasteiger partial charge >= 0.3 is 6.03 Å². The van der Waals surface area contributed by atoms with Gasteiger partial charge in [0.1, 0.15) is 12.9 Å². The lowest BCUT2D eigenvalue weighted by Gasteiger charge is -2.20. The van der Waals surface area contributed by atoms with Crippen LogP contribution in [0.25, 0.3) is 11.1 Å². The molecule has 8 heteroatoms. The van der Waals surface area contributed by atoms with Gasteiger partial charge in [0.2, 0.25) is 5.75 Å². The summed E-state index contributed by atoms with van der Waals surface area (Å²) in [5.41, 5.74) is 4.33. The lowest BCUT2D eigenvalue weighted by atomic mass is 10.1. The molecule has 3 aromatic carbocycles. The Morgan fingerprint density at radius 3 is 2.42 bits per heavy atom. The van der Waals surface area contributed by atoms with Crippen LogP contribution in [0.4, 0.5) is 33.5 Å². The molecule has 4 N–H and O–H groups in total. The largest absolute Gasteiger partial charge is 0.485 e. The summed E-state index contributed by atoms with van der Waals surface area (Å²) in [4.78, 5) is 20.9. The number of benzene rings is 3. The van der Waals surface area contributed by atoms with Gasteiger partial charge in [-0.25, -0.2) is 14.8 Å². The Kier molecular flexibility index (Phi) is 5.71. The third-order valence-electron chi connectivity index (χ3n) is 5.08. The van der Waals surface area contributed by atoms with Crippen molar-refractivity contribution in [2.75, 3.05) is 34.4 Å². The molecule has 4 aromatic rings. The number of ether oxygens (including phenoxy) is 1. The van der Waals surface area contributed by atoms with E-state index in [2.05, 4.69) is 31.2 Å². The van der Waals surface area contributed by atoms with Crippen molar-refractivity contribution in [2.45, 2.75) is 0 Å². The maximum absolute atomic E-state index is 12.5. The number of anilines is 5. The number of hydrogen-bond donors (Lipinski definition) is 4. The molecule has 1 aromatic heterocycles. The highest BCUT2D eigenvalue weighted by atomic mass is 16.5. The van der Waals surface area contributed by atoms with E-state index in [4.69, 9.17) is 4.74 Å². The summed E-state index contributed by atoms with van der Waals surface area (Å²) in [5, 5.41) is 12.1. The van der Waals surface area contributed by atoms with Gasteiger partial charge in [0, 0.05) is 17.1 Å². The summed E-state index contributed by atoms with van der Waals surface area (Å²) in [7, 11) is 0. The molecule has 2 amide bonds. The first-order chi connectivity index (χ1) is 16.2. The quantitative estimate of drug-likeness (QED) is 0.336. The van der Waals surface area contributed by atoms with Gasteiger partial charge in [0.15, 0.2) is 11.6 Å². The first-order valence-corrected chi connectivity index (χ1v) is 10.6. The van der Waals surface area contributed by atoms with Gasteiger partial charge in [0.05, 0.1) is 6.54 Å². The number of fused-ring (bicyclic) bond motifs is 1. The molecule has 0 radical (unpaired) electrons. The van der Waals surface area contributed by atoms with Crippen LogP contribution in [-0.2, 0) is 0 Å². The van der Waals surface area contributed by atoms with E-state index in [1.165, 1.54) is 6.33 Å². The fraction of sp³-hybridized carbons (Fsp3) is 0.0800. The topological polar surface area (TPSA) is 100 Å². The fourth-order valence-electron chi connectivity index (χ4n) is 3.52. The van der Waals surface area contributed by atoms with Gasteiger partial charge in [-0.1, -0.05) is 42.5 Å². The van der Waals surface area contributed by atoms with Crippen LogP contribution in [0.5, 0.6) is 5.75 Å². The molecule has 0 unspecified atom stereocenters.